The number of aromatic amines is 1. The molecule has 0 bridgehead atoms. The zero-order valence-corrected chi connectivity index (χ0v) is 13.8. The van der Waals surface area contributed by atoms with Crippen LogP contribution in [0.15, 0.2) is 35.1 Å². The molecule has 0 spiro atoms. The van der Waals surface area contributed by atoms with Crippen molar-refractivity contribution in [2.45, 2.75) is 25.6 Å². The number of methoxy groups -OCH3 is 1. The molecular weight excluding hydrogens is 325 g/mol. The van der Waals surface area contributed by atoms with E-state index in [9.17, 15) is 4.39 Å². The minimum Gasteiger partial charge on any atom is -0.377 e. The van der Waals surface area contributed by atoms with Gasteiger partial charge in [-0.2, -0.15) is 4.98 Å². The molecule has 0 saturated heterocycles. The maximum Gasteiger partial charge on any atom is 0.240 e. The summed E-state index contributed by atoms with van der Waals surface area (Å²) in [6.07, 6.45) is 2.56. The van der Waals surface area contributed by atoms with E-state index in [4.69, 9.17) is 9.26 Å². The molecule has 4 rings (SSSR count). The van der Waals surface area contributed by atoms with E-state index in [0.717, 1.165) is 29.9 Å². The number of hydrogen-bond acceptors (Lipinski definition) is 6. The van der Waals surface area contributed by atoms with Gasteiger partial charge < -0.3 is 14.2 Å². The molecule has 1 atom stereocenters. The van der Waals surface area contributed by atoms with Crippen molar-refractivity contribution in [1.29, 1.82) is 0 Å². The van der Waals surface area contributed by atoms with Crippen LogP contribution in [0.4, 0.5) is 4.39 Å². The number of rotatable bonds is 5. The van der Waals surface area contributed by atoms with Crippen LogP contribution in [0.3, 0.4) is 0 Å². The highest BCUT2D eigenvalue weighted by Crippen LogP contribution is 2.34. The summed E-state index contributed by atoms with van der Waals surface area (Å²) in [5.41, 5.74) is 3.04. The summed E-state index contributed by atoms with van der Waals surface area (Å²) in [6, 6.07) is 6.44. The highest BCUT2D eigenvalue weighted by Gasteiger charge is 2.32. The van der Waals surface area contributed by atoms with E-state index in [1.807, 2.05) is 0 Å². The Morgan fingerprint density at radius 3 is 3.00 bits per heavy atom. The van der Waals surface area contributed by atoms with Crippen LogP contribution in [0.1, 0.15) is 34.7 Å². The van der Waals surface area contributed by atoms with Crippen molar-refractivity contribution in [3.63, 3.8) is 0 Å². The lowest BCUT2D eigenvalue weighted by Gasteiger charge is -2.34. The van der Waals surface area contributed by atoms with Crippen molar-refractivity contribution in [2.24, 2.45) is 0 Å². The molecule has 7 nitrogen and oxygen atoms in total. The third-order valence-corrected chi connectivity index (χ3v) is 4.33. The van der Waals surface area contributed by atoms with E-state index in [0.29, 0.717) is 24.9 Å². The van der Waals surface area contributed by atoms with E-state index in [2.05, 4.69) is 25.0 Å². The van der Waals surface area contributed by atoms with Gasteiger partial charge in [0, 0.05) is 25.8 Å². The third-order valence-electron chi connectivity index (χ3n) is 4.33. The summed E-state index contributed by atoms with van der Waals surface area (Å²) in [4.78, 5) is 14.2. The number of benzene rings is 1. The molecule has 1 unspecified atom stereocenters. The molecular formula is C17H18FN5O2. The first-order valence-corrected chi connectivity index (χ1v) is 8.06. The normalized spacial score (nSPS) is 17.6. The molecule has 1 N–H and O–H groups in total. The van der Waals surface area contributed by atoms with Crippen LogP contribution in [0.2, 0.25) is 0 Å². The zero-order valence-electron chi connectivity index (χ0n) is 13.8. The van der Waals surface area contributed by atoms with Gasteiger partial charge in [-0.25, -0.2) is 9.37 Å². The topological polar surface area (TPSA) is 80.1 Å². The maximum atomic E-state index is 13.3. The van der Waals surface area contributed by atoms with Gasteiger partial charge in [0.25, 0.3) is 0 Å². The minimum absolute atomic E-state index is 0.0895. The van der Waals surface area contributed by atoms with Crippen LogP contribution in [0.25, 0.3) is 0 Å². The number of fused-ring (bicyclic) bond motifs is 1. The van der Waals surface area contributed by atoms with Gasteiger partial charge in [0.15, 0.2) is 5.82 Å². The molecule has 3 heterocycles. The first kappa shape index (κ1) is 15.9. The summed E-state index contributed by atoms with van der Waals surface area (Å²) in [7, 11) is 1.59. The minimum atomic E-state index is -0.255. The SMILES string of the molecule is COCc1noc(CN2CCc3[nH]cnc3C2c2ccc(F)cc2)n1. The van der Waals surface area contributed by atoms with Crippen LogP contribution in [0.5, 0.6) is 0 Å². The number of nitrogens with zero attached hydrogens (tertiary/aromatic N) is 4. The fourth-order valence-corrected chi connectivity index (χ4v) is 3.22. The number of ether oxygens (including phenoxy) is 1. The van der Waals surface area contributed by atoms with Gasteiger partial charge in [-0.05, 0) is 17.7 Å². The number of halogens is 1. The van der Waals surface area contributed by atoms with Crippen molar-refractivity contribution in [3.05, 3.63) is 65.1 Å². The second-order valence-electron chi connectivity index (χ2n) is 5.98. The van der Waals surface area contributed by atoms with Crippen molar-refractivity contribution in [3.8, 4) is 0 Å². The highest BCUT2D eigenvalue weighted by molar-refractivity contribution is 5.32. The molecule has 3 aromatic rings. The maximum absolute atomic E-state index is 13.3. The van der Waals surface area contributed by atoms with E-state index in [1.54, 1.807) is 25.6 Å². The predicted octanol–water partition coefficient (Wildman–Crippen LogP) is 2.23. The molecule has 1 aliphatic rings. The standard InChI is InChI=1S/C17H18FN5O2/c1-24-9-14-21-15(25-22-14)8-23-7-6-13-16(20-10-19-13)17(23)11-2-4-12(18)5-3-11/h2-5,10,17H,6-9H2,1H3,(H,19,20). The van der Waals surface area contributed by atoms with Gasteiger partial charge in [-0.1, -0.05) is 17.3 Å². The average Bonchev–Trinajstić information content (AvgIpc) is 3.25. The third kappa shape index (κ3) is 3.18. The number of H-pyrrole nitrogens is 1. The number of imidazole rings is 1. The van der Waals surface area contributed by atoms with Gasteiger partial charge in [-0.3, -0.25) is 4.90 Å². The summed E-state index contributed by atoms with van der Waals surface area (Å²) in [6.45, 7) is 1.61. The number of hydrogen-bond donors (Lipinski definition) is 1. The Morgan fingerprint density at radius 2 is 2.20 bits per heavy atom. The Balaban J connectivity index is 1.64. The monoisotopic (exact) mass is 343 g/mol. The fraction of sp³-hybridized carbons (Fsp3) is 0.353. The quantitative estimate of drug-likeness (QED) is 0.765. The molecule has 1 aliphatic heterocycles. The second-order valence-corrected chi connectivity index (χ2v) is 5.98. The lowest BCUT2D eigenvalue weighted by Crippen LogP contribution is -2.36. The molecule has 0 amide bonds. The average molecular weight is 343 g/mol. The van der Waals surface area contributed by atoms with Crippen molar-refractivity contribution < 1.29 is 13.7 Å². The number of nitrogens with one attached hydrogen (secondary N) is 1. The molecule has 0 saturated carbocycles. The van der Waals surface area contributed by atoms with E-state index in [-0.39, 0.29) is 11.9 Å². The highest BCUT2D eigenvalue weighted by atomic mass is 19.1. The van der Waals surface area contributed by atoms with Crippen molar-refractivity contribution in [1.82, 2.24) is 25.0 Å². The van der Waals surface area contributed by atoms with Crippen molar-refractivity contribution >= 4 is 0 Å². The zero-order chi connectivity index (χ0) is 17.2. The Hall–Kier alpha value is -2.58. The van der Waals surface area contributed by atoms with Crippen LogP contribution >= 0.6 is 0 Å². The molecule has 1 aromatic carbocycles. The van der Waals surface area contributed by atoms with Crippen LogP contribution in [0, 0.1) is 5.82 Å². The van der Waals surface area contributed by atoms with Crippen LogP contribution < -0.4 is 0 Å². The first-order valence-electron chi connectivity index (χ1n) is 8.06. The lowest BCUT2D eigenvalue weighted by molar-refractivity contribution is 0.170. The summed E-state index contributed by atoms with van der Waals surface area (Å²) >= 11 is 0. The Morgan fingerprint density at radius 1 is 1.36 bits per heavy atom. The number of aromatic nitrogens is 4. The molecule has 130 valence electrons. The van der Waals surface area contributed by atoms with Crippen LogP contribution in [-0.2, 0) is 24.3 Å². The molecule has 0 radical (unpaired) electrons. The first-order chi connectivity index (χ1) is 12.2. The van der Waals surface area contributed by atoms with Gasteiger partial charge >= 0.3 is 0 Å². The van der Waals surface area contributed by atoms with Gasteiger partial charge in [-0.15, -0.1) is 0 Å². The molecule has 8 heteroatoms. The smallest absolute Gasteiger partial charge is 0.240 e. The van der Waals surface area contributed by atoms with Gasteiger partial charge in [0.2, 0.25) is 5.89 Å². The van der Waals surface area contributed by atoms with Gasteiger partial charge in [0.1, 0.15) is 12.4 Å². The summed E-state index contributed by atoms with van der Waals surface area (Å²) in [5.74, 6) is 0.793. The fourth-order valence-electron chi connectivity index (χ4n) is 3.22. The second kappa shape index (κ2) is 6.73. The molecule has 0 aliphatic carbocycles. The Labute approximate surface area is 143 Å². The largest absolute Gasteiger partial charge is 0.377 e. The summed E-state index contributed by atoms with van der Waals surface area (Å²) < 4.78 is 23.7. The molecule has 2 aromatic heterocycles. The molecule has 25 heavy (non-hydrogen) atoms. The van der Waals surface area contributed by atoms with E-state index < -0.39 is 0 Å². The predicted molar refractivity (Wildman–Crippen MR) is 86.0 cm³/mol. The Kier molecular flexibility index (Phi) is 4.29. The van der Waals surface area contributed by atoms with Crippen LogP contribution in [-0.4, -0.2) is 38.7 Å². The summed E-state index contributed by atoms with van der Waals surface area (Å²) in [5, 5.41) is 3.91. The van der Waals surface area contributed by atoms with Gasteiger partial charge in [0.05, 0.1) is 24.6 Å². The van der Waals surface area contributed by atoms with Crippen molar-refractivity contribution in [2.75, 3.05) is 13.7 Å². The van der Waals surface area contributed by atoms with E-state index >= 15 is 0 Å². The Bertz CT molecular complexity index is 845. The lowest BCUT2D eigenvalue weighted by atomic mass is 9.95. The molecule has 0 fully saturated rings. The van der Waals surface area contributed by atoms with E-state index in [1.165, 1.54) is 12.1 Å².